The Balaban J connectivity index is 2.12. The van der Waals surface area contributed by atoms with Crippen molar-refractivity contribution in [2.75, 3.05) is 24.3 Å². The van der Waals surface area contributed by atoms with Crippen LogP contribution >= 0.6 is 0 Å². The molecule has 0 aliphatic heterocycles. The summed E-state index contributed by atoms with van der Waals surface area (Å²) < 4.78 is 0. The first-order chi connectivity index (χ1) is 8.72. The molecule has 0 aromatic carbocycles. The highest BCUT2D eigenvalue weighted by atomic mass is 15.1. The smallest absolute Gasteiger partial charge is 0.0766 e. The van der Waals surface area contributed by atoms with Crippen molar-refractivity contribution in [3.05, 3.63) is 18.5 Å². The van der Waals surface area contributed by atoms with Crippen molar-refractivity contribution < 1.29 is 0 Å². The first kappa shape index (κ1) is 13.2. The van der Waals surface area contributed by atoms with E-state index in [1.54, 1.807) is 0 Å². The van der Waals surface area contributed by atoms with Gasteiger partial charge in [0.15, 0.2) is 0 Å². The predicted molar refractivity (Wildman–Crippen MR) is 78.2 cm³/mol. The molecule has 18 heavy (non-hydrogen) atoms. The van der Waals surface area contributed by atoms with Crippen molar-refractivity contribution in [3.8, 4) is 0 Å². The van der Waals surface area contributed by atoms with E-state index in [2.05, 4.69) is 42.3 Å². The summed E-state index contributed by atoms with van der Waals surface area (Å²) in [5.41, 5.74) is 2.40. The van der Waals surface area contributed by atoms with Crippen LogP contribution in [0.5, 0.6) is 0 Å². The molecule has 100 valence electrons. The fourth-order valence-corrected chi connectivity index (χ4v) is 2.97. The fourth-order valence-electron chi connectivity index (χ4n) is 2.97. The zero-order chi connectivity index (χ0) is 13.0. The number of pyridine rings is 1. The quantitative estimate of drug-likeness (QED) is 0.882. The van der Waals surface area contributed by atoms with Crippen LogP contribution in [0, 0.1) is 5.92 Å². The Morgan fingerprint density at radius 2 is 2.11 bits per heavy atom. The number of hydrogen-bond donors (Lipinski definition) is 1. The van der Waals surface area contributed by atoms with Crippen molar-refractivity contribution >= 4 is 11.4 Å². The fraction of sp³-hybridized carbons (Fsp3) is 0.667. The summed E-state index contributed by atoms with van der Waals surface area (Å²) in [6.45, 7) is 2.31. The summed E-state index contributed by atoms with van der Waals surface area (Å²) in [7, 11) is 4.16. The van der Waals surface area contributed by atoms with Crippen molar-refractivity contribution in [1.29, 1.82) is 0 Å². The Kier molecular flexibility index (Phi) is 4.45. The van der Waals surface area contributed by atoms with Gasteiger partial charge < -0.3 is 10.2 Å². The molecule has 2 unspecified atom stereocenters. The first-order valence-electron chi connectivity index (χ1n) is 7.10. The maximum atomic E-state index is 4.25. The first-order valence-corrected chi connectivity index (χ1v) is 7.10. The van der Waals surface area contributed by atoms with E-state index in [1.807, 2.05) is 12.4 Å². The third-order valence-electron chi connectivity index (χ3n) is 4.05. The zero-order valence-corrected chi connectivity index (χ0v) is 11.8. The second kappa shape index (κ2) is 6.07. The molecule has 0 bridgehead atoms. The van der Waals surface area contributed by atoms with E-state index in [-0.39, 0.29) is 0 Å². The summed E-state index contributed by atoms with van der Waals surface area (Å²) in [4.78, 5) is 6.40. The molecule has 3 heteroatoms. The van der Waals surface area contributed by atoms with Crippen LogP contribution in [-0.4, -0.2) is 25.1 Å². The van der Waals surface area contributed by atoms with Gasteiger partial charge in [-0.2, -0.15) is 0 Å². The van der Waals surface area contributed by atoms with Crippen LogP contribution in [0.4, 0.5) is 11.4 Å². The molecule has 2 atom stereocenters. The van der Waals surface area contributed by atoms with Gasteiger partial charge in [-0.15, -0.1) is 0 Å². The predicted octanol–water partition coefficient (Wildman–Crippen LogP) is 3.53. The van der Waals surface area contributed by atoms with Gasteiger partial charge in [0, 0.05) is 26.3 Å². The van der Waals surface area contributed by atoms with E-state index in [1.165, 1.54) is 43.5 Å². The van der Waals surface area contributed by atoms with Gasteiger partial charge in [-0.05, 0) is 24.8 Å². The largest absolute Gasteiger partial charge is 0.379 e. The second-order valence-corrected chi connectivity index (χ2v) is 5.49. The number of aromatic nitrogens is 1. The lowest BCUT2D eigenvalue weighted by Crippen LogP contribution is -2.32. The Morgan fingerprint density at radius 1 is 1.33 bits per heavy atom. The van der Waals surface area contributed by atoms with Crippen LogP contribution < -0.4 is 10.2 Å². The van der Waals surface area contributed by atoms with Crippen molar-refractivity contribution in [2.24, 2.45) is 5.92 Å². The maximum absolute atomic E-state index is 4.25. The third-order valence-corrected chi connectivity index (χ3v) is 4.05. The van der Waals surface area contributed by atoms with Crippen molar-refractivity contribution in [3.63, 3.8) is 0 Å². The molecule has 1 fully saturated rings. The summed E-state index contributed by atoms with van der Waals surface area (Å²) >= 11 is 0. The molecule has 0 amide bonds. The highest BCUT2D eigenvalue weighted by molar-refractivity contribution is 5.68. The van der Waals surface area contributed by atoms with Gasteiger partial charge in [0.1, 0.15) is 0 Å². The molecule has 3 nitrogen and oxygen atoms in total. The van der Waals surface area contributed by atoms with Crippen LogP contribution in [0.1, 0.15) is 39.0 Å². The Hall–Kier alpha value is -1.25. The zero-order valence-electron chi connectivity index (χ0n) is 11.8. The number of rotatable bonds is 4. The van der Waals surface area contributed by atoms with Crippen LogP contribution in [0.3, 0.4) is 0 Å². The highest BCUT2D eigenvalue weighted by Crippen LogP contribution is 2.31. The molecule has 1 N–H and O–H groups in total. The Bertz CT molecular complexity index is 376. The molecule has 0 spiro atoms. The molecule has 0 radical (unpaired) electrons. The lowest BCUT2D eigenvalue weighted by atomic mass is 9.83. The summed E-state index contributed by atoms with van der Waals surface area (Å²) in [6.07, 6.45) is 10.5. The number of hydrogen-bond acceptors (Lipinski definition) is 3. The number of anilines is 2. The van der Waals surface area contributed by atoms with E-state index < -0.39 is 0 Å². The Morgan fingerprint density at radius 3 is 2.83 bits per heavy atom. The minimum Gasteiger partial charge on any atom is -0.379 e. The average Bonchev–Trinajstić information content (AvgIpc) is 2.40. The Labute approximate surface area is 111 Å². The van der Waals surface area contributed by atoms with Gasteiger partial charge in [-0.3, -0.25) is 4.98 Å². The van der Waals surface area contributed by atoms with Crippen molar-refractivity contribution in [1.82, 2.24) is 4.98 Å². The minimum absolute atomic E-state index is 0.617. The maximum Gasteiger partial charge on any atom is 0.0766 e. The summed E-state index contributed by atoms with van der Waals surface area (Å²) in [5.74, 6) is 0.814. The summed E-state index contributed by atoms with van der Waals surface area (Å²) in [6, 6.07) is 2.69. The molecule has 0 saturated heterocycles. The molecule has 2 rings (SSSR count). The van der Waals surface area contributed by atoms with Gasteiger partial charge in [0.05, 0.1) is 17.6 Å². The van der Waals surface area contributed by atoms with Crippen molar-refractivity contribution in [2.45, 2.75) is 45.1 Å². The van der Waals surface area contributed by atoms with Crippen LogP contribution in [0.15, 0.2) is 18.5 Å². The van der Waals surface area contributed by atoms with Crippen LogP contribution in [0.2, 0.25) is 0 Å². The number of nitrogens with zero attached hydrogens (tertiary/aromatic N) is 2. The molecule has 1 aromatic rings. The third kappa shape index (κ3) is 2.95. The molecule has 1 saturated carbocycles. The lowest BCUT2D eigenvalue weighted by molar-refractivity contribution is 0.317. The van der Waals surface area contributed by atoms with E-state index in [4.69, 9.17) is 0 Å². The average molecular weight is 247 g/mol. The van der Waals surface area contributed by atoms with Gasteiger partial charge in [-0.25, -0.2) is 0 Å². The lowest BCUT2D eigenvalue weighted by Gasteiger charge is -2.33. The van der Waals surface area contributed by atoms with Gasteiger partial charge >= 0.3 is 0 Å². The summed E-state index contributed by atoms with van der Waals surface area (Å²) in [5, 5.41) is 3.73. The van der Waals surface area contributed by atoms with E-state index >= 15 is 0 Å². The second-order valence-electron chi connectivity index (χ2n) is 5.49. The standard InChI is InChI=1S/C15H25N3/c1-4-12-7-5-6-8-13(12)17-14-11-16-10-9-15(14)18(2)3/h9-13,17H,4-8H2,1-3H3. The highest BCUT2D eigenvalue weighted by Gasteiger charge is 2.24. The van der Waals surface area contributed by atoms with Gasteiger partial charge in [-0.1, -0.05) is 26.2 Å². The molecule has 1 aliphatic rings. The van der Waals surface area contributed by atoms with Crippen LogP contribution in [-0.2, 0) is 0 Å². The minimum atomic E-state index is 0.617. The number of nitrogens with one attached hydrogen (secondary N) is 1. The molecule has 1 aromatic heterocycles. The molecular formula is C15H25N3. The van der Waals surface area contributed by atoms with E-state index in [9.17, 15) is 0 Å². The normalized spacial score (nSPS) is 23.7. The van der Waals surface area contributed by atoms with E-state index in [0.717, 1.165) is 5.92 Å². The SMILES string of the molecule is CCC1CCCCC1Nc1cnccc1N(C)C. The topological polar surface area (TPSA) is 28.2 Å². The van der Waals surface area contributed by atoms with Gasteiger partial charge in [0.25, 0.3) is 0 Å². The van der Waals surface area contributed by atoms with E-state index in [0.29, 0.717) is 6.04 Å². The molecule has 1 aliphatic carbocycles. The van der Waals surface area contributed by atoms with Crippen LogP contribution in [0.25, 0.3) is 0 Å². The molecular weight excluding hydrogens is 222 g/mol. The molecule has 1 heterocycles. The van der Waals surface area contributed by atoms with Gasteiger partial charge in [0.2, 0.25) is 0 Å². The monoisotopic (exact) mass is 247 g/mol.